The lowest BCUT2D eigenvalue weighted by atomic mass is 10.2. The Morgan fingerprint density at radius 1 is 0.568 bits per heavy atom. The molecular formula is C30H28N2O5. The third-order valence-electron chi connectivity index (χ3n) is 5.34. The number of carbonyl (C=O) groups excluding carboxylic acids is 2. The number of hydrogen-bond donors (Lipinski definition) is 2. The number of anilines is 2. The first-order chi connectivity index (χ1) is 18.1. The maximum absolute atomic E-state index is 12.7. The van der Waals surface area contributed by atoms with Crippen molar-refractivity contribution < 1.29 is 23.8 Å². The third-order valence-corrected chi connectivity index (χ3v) is 5.34. The molecular weight excluding hydrogens is 468 g/mol. The van der Waals surface area contributed by atoms with Gasteiger partial charge in [0.15, 0.2) is 0 Å². The molecule has 7 nitrogen and oxygen atoms in total. The lowest BCUT2D eigenvalue weighted by Gasteiger charge is -2.12. The van der Waals surface area contributed by atoms with E-state index < -0.39 is 0 Å². The van der Waals surface area contributed by atoms with Gasteiger partial charge in [0.05, 0.1) is 24.6 Å². The summed E-state index contributed by atoms with van der Waals surface area (Å²) in [5.74, 6) is 1.87. The van der Waals surface area contributed by atoms with E-state index in [1.807, 2.05) is 50.2 Å². The Kier molecular flexibility index (Phi) is 8.39. The van der Waals surface area contributed by atoms with E-state index in [0.717, 1.165) is 0 Å². The molecule has 0 radical (unpaired) electrons. The van der Waals surface area contributed by atoms with Crippen LogP contribution in [-0.4, -0.2) is 25.0 Å². The van der Waals surface area contributed by atoms with Crippen LogP contribution in [0.5, 0.6) is 23.0 Å². The fourth-order valence-corrected chi connectivity index (χ4v) is 3.58. The highest BCUT2D eigenvalue weighted by Gasteiger charge is 2.12. The molecule has 7 heteroatoms. The SMILES string of the molecule is CCOc1ccccc1NC(=O)c1ccc(Oc2ccc(C(=O)Nc3ccccc3OCC)cc2)cc1. The zero-order chi connectivity index (χ0) is 26.0. The molecule has 0 saturated carbocycles. The van der Waals surface area contributed by atoms with E-state index in [-0.39, 0.29) is 11.8 Å². The number of carbonyl (C=O) groups is 2. The van der Waals surface area contributed by atoms with Crippen molar-refractivity contribution in [3.05, 3.63) is 108 Å². The van der Waals surface area contributed by atoms with Crippen molar-refractivity contribution in [3.8, 4) is 23.0 Å². The summed E-state index contributed by atoms with van der Waals surface area (Å²) in [6, 6.07) is 28.2. The summed E-state index contributed by atoms with van der Waals surface area (Å²) in [4.78, 5) is 25.4. The summed E-state index contributed by atoms with van der Waals surface area (Å²) in [5.41, 5.74) is 2.19. The quantitative estimate of drug-likeness (QED) is 0.253. The molecule has 0 aliphatic heterocycles. The number of hydrogen-bond acceptors (Lipinski definition) is 5. The van der Waals surface area contributed by atoms with Gasteiger partial charge in [0.25, 0.3) is 11.8 Å². The summed E-state index contributed by atoms with van der Waals surface area (Å²) in [6.07, 6.45) is 0. The van der Waals surface area contributed by atoms with Crippen LogP contribution in [0.25, 0.3) is 0 Å². The molecule has 0 aliphatic carbocycles. The van der Waals surface area contributed by atoms with Crippen molar-refractivity contribution in [1.29, 1.82) is 0 Å². The maximum atomic E-state index is 12.7. The highest BCUT2D eigenvalue weighted by molar-refractivity contribution is 6.05. The molecule has 37 heavy (non-hydrogen) atoms. The van der Waals surface area contributed by atoms with Gasteiger partial charge in [-0.3, -0.25) is 9.59 Å². The molecule has 0 spiro atoms. The van der Waals surface area contributed by atoms with E-state index in [9.17, 15) is 9.59 Å². The van der Waals surface area contributed by atoms with Gasteiger partial charge in [-0.1, -0.05) is 24.3 Å². The predicted octanol–water partition coefficient (Wildman–Crippen LogP) is 6.78. The second-order valence-electron chi connectivity index (χ2n) is 7.92. The Balaban J connectivity index is 1.36. The molecule has 0 heterocycles. The van der Waals surface area contributed by atoms with Gasteiger partial charge >= 0.3 is 0 Å². The smallest absolute Gasteiger partial charge is 0.255 e. The van der Waals surface area contributed by atoms with Crippen LogP contribution in [-0.2, 0) is 0 Å². The minimum atomic E-state index is -0.250. The molecule has 4 aromatic carbocycles. The third kappa shape index (κ3) is 6.67. The molecule has 4 rings (SSSR count). The van der Waals surface area contributed by atoms with Gasteiger partial charge in [0, 0.05) is 11.1 Å². The van der Waals surface area contributed by atoms with Crippen LogP contribution in [0.3, 0.4) is 0 Å². The minimum absolute atomic E-state index is 0.250. The van der Waals surface area contributed by atoms with Crippen molar-refractivity contribution in [3.63, 3.8) is 0 Å². The molecule has 0 fully saturated rings. The van der Waals surface area contributed by atoms with E-state index in [4.69, 9.17) is 14.2 Å². The van der Waals surface area contributed by atoms with Crippen LogP contribution >= 0.6 is 0 Å². The summed E-state index contributed by atoms with van der Waals surface area (Å²) in [7, 11) is 0. The molecule has 0 aliphatic rings. The Morgan fingerprint density at radius 2 is 0.946 bits per heavy atom. The van der Waals surface area contributed by atoms with Crippen LogP contribution in [0.1, 0.15) is 34.6 Å². The van der Waals surface area contributed by atoms with Gasteiger partial charge in [-0.15, -0.1) is 0 Å². The first kappa shape index (κ1) is 25.3. The van der Waals surface area contributed by atoms with Gasteiger partial charge in [-0.25, -0.2) is 0 Å². The van der Waals surface area contributed by atoms with Gasteiger partial charge < -0.3 is 24.8 Å². The topological polar surface area (TPSA) is 85.9 Å². The van der Waals surface area contributed by atoms with Crippen molar-refractivity contribution in [2.75, 3.05) is 23.8 Å². The van der Waals surface area contributed by atoms with Gasteiger partial charge in [0.1, 0.15) is 23.0 Å². The zero-order valence-electron chi connectivity index (χ0n) is 20.7. The highest BCUT2D eigenvalue weighted by atomic mass is 16.5. The molecule has 4 aromatic rings. The zero-order valence-corrected chi connectivity index (χ0v) is 20.7. The second-order valence-corrected chi connectivity index (χ2v) is 7.92. The largest absolute Gasteiger partial charge is 0.492 e. The van der Waals surface area contributed by atoms with Crippen molar-refractivity contribution in [2.45, 2.75) is 13.8 Å². The summed E-state index contributed by atoms with van der Waals surface area (Å²) in [6.45, 7) is 4.80. The predicted molar refractivity (Wildman–Crippen MR) is 144 cm³/mol. The number of nitrogens with one attached hydrogen (secondary N) is 2. The van der Waals surface area contributed by atoms with Crippen LogP contribution in [0.2, 0.25) is 0 Å². The van der Waals surface area contributed by atoms with Crippen molar-refractivity contribution in [2.24, 2.45) is 0 Å². The maximum Gasteiger partial charge on any atom is 0.255 e. The lowest BCUT2D eigenvalue weighted by molar-refractivity contribution is 0.101. The van der Waals surface area contributed by atoms with Crippen LogP contribution in [0, 0.1) is 0 Å². The fraction of sp³-hybridized carbons (Fsp3) is 0.133. The van der Waals surface area contributed by atoms with Gasteiger partial charge in [0.2, 0.25) is 0 Å². The normalized spacial score (nSPS) is 10.3. The van der Waals surface area contributed by atoms with Crippen LogP contribution < -0.4 is 24.8 Å². The van der Waals surface area contributed by atoms with E-state index in [1.54, 1.807) is 60.7 Å². The second kappa shape index (κ2) is 12.3. The van der Waals surface area contributed by atoms with Gasteiger partial charge in [-0.2, -0.15) is 0 Å². The van der Waals surface area contributed by atoms with Crippen molar-refractivity contribution >= 4 is 23.2 Å². The number of para-hydroxylation sites is 4. The molecule has 2 N–H and O–H groups in total. The Labute approximate surface area is 216 Å². The number of amides is 2. The molecule has 188 valence electrons. The molecule has 0 bridgehead atoms. The van der Waals surface area contributed by atoms with E-state index in [0.29, 0.717) is 58.7 Å². The van der Waals surface area contributed by atoms with E-state index in [1.165, 1.54) is 0 Å². The van der Waals surface area contributed by atoms with Crippen molar-refractivity contribution in [1.82, 2.24) is 0 Å². The van der Waals surface area contributed by atoms with Gasteiger partial charge in [-0.05, 0) is 86.6 Å². The number of benzene rings is 4. The lowest BCUT2D eigenvalue weighted by Crippen LogP contribution is -2.13. The summed E-state index contributed by atoms with van der Waals surface area (Å²) < 4.78 is 17.0. The monoisotopic (exact) mass is 496 g/mol. The highest BCUT2D eigenvalue weighted by Crippen LogP contribution is 2.27. The van der Waals surface area contributed by atoms with Crippen LogP contribution in [0.15, 0.2) is 97.1 Å². The van der Waals surface area contributed by atoms with Crippen LogP contribution in [0.4, 0.5) is 11.4 Å². The Bertz CT molecular complexity index is 1250. The molecule has 0 saturated heterocycles. The summed E-state index contributed by atoms with van der Waals surface area (Å²) in [5, 5.41) is 5.75. The average Bonchev–Trinajstić information content (AvgIpc) is 2.92. The fourth-order valence-electron chi connectivity index (χ4n) is 3.58. The Hall–Kier alpha value is -4.78. The molecule has 0 unspecified atom stereocenters. The number of rotatable bonds is 10. The minimum Gasteiger partial charge on any atom is -0.492 e. The first-order valence-corrected chi connectivity index (χ1v) is 12.0. The molecule has 0 aromatic heterocycles. The summed E-state index contributed by atoms with van der Waals surface area (Å²) >= 11 is 0. The standard InChI is InChI=1S/C30H28N2O5/c1-3-35-27-11-7-5-9-25(27)31-29(33)21-13-17-23(18-14-21)37-24-19-15-22(16-20-24)30(34)32-26-10-6-8-12-28(26)36-4-2/h5-20H,3-4H2,1-2H3,(H,31,33)(H,32,34). The van der Waals surface area contributed by atoms with E-state index in [2.05, 4.69) is 10.6 Å². The number of ether oxygens (including phenoxy) is 3. The Morgan fingerprint density at radius 3 is 1.32 bits per heavy atom. The van der Waals surface area contributed by atoms with E-state index >= 15 is 0 Å². The molecule has 0 atom stereocenters. The average molecular weight is 497 g/mol. The first-order valence-electron chi connectivity index (χ1n) is 12.0. The molecule has 2 amide bonds.